The maximum absolute atomic E-state index is 5.87. The summed E-state index contributed by atoms with van der Waals surface area (Å²) in [6.07, 6.45) is 4.61. The Balaban J connectivity index is 1.55. The summed E-state index contributed by atoms with van der Waals surface area (Å²) < 4.78 is 5.87. The van der Waals surface area contributed by atoms with Gasteiger partial charge in [-0.25, -0.2) is 4.98 Å². The quantitative estimate of drug-likeness (QED) is 0.854. The molecule has 26 heavy (non-hydrogen) atoms. The van der Waals surface area contributed by atoms with E-state index >= 15 is 0 Å². The molecule has 2 saturated heterocycles. The molecular weight excluding hydrogens is 328 g/mol. The number of rotatable bonds is 4. The van der Waals surface area contributed by atoms with Crippen LogP contribution < -0.4 is 10.2 Å². The molecule has 3 aliphatic rings. The highest BCUT2D eigenvalue weighted by atomic mass is 16.5. The zero-order chi connectivity index (χ0) is 18.1. The molecule has 0 amide bonds. The van der Waals surface area contributed by atoms with E-state index in [1.54, 1.807) is 0 Å². The van der Waals surface area contributed by atoms with Gasteiger partial charge in [-0.3, -0.25) is 4.90 Å². The van der Waals surface area contributed by atoms with Crippen LogP contribution in [-0.4, -0.2) is 92.4 Å². The summed E-state index contributed by atoms with van der Waals surface area (Å²) in [6.45, 7) is 6.08. The van der Waals surface area contributed by atoms with Crippen LogP contribution in [0.5, 0.6) is 0 Å². The first kappa shape index (κ1) is 17.9. The number of ether oxygens (including phenoxy) is 1. The first-order chi connectivity index (χ1) is 12.6. The monoisotopic (exact) mass is 360 g/mol. The van der Waals surface area contributed by atoms with Gasteiger partial charge in [0, 0.05) is 45.8 Å². The minimum atomic E-state index is 0.300. The van der Waals surface area contributed by atoms with Gasteiger partial charge in [-0.05, 0) is 32.7 Å². The van der Waals surface area contributed by atoms with E-state index in [2.05, 4.69) is 22.2 Å². The highest BCUT2D eigenvalue weighted by Gasteiger charge is 2.35. The van der Waals surface area contributed by atoms with Crippen LogP contribution in [0.25, 0.3) is 0 Å². The molecule has 144 valence electrons. The number of aromatic nitrogens is 2. The van der Waals surface area contributed by atoms with E-state index in [-0.39, 0.29) is 0 Å². The van der Waals surface area contributed by atoms with Gasteiger partial charge >= 0.3 is 0 Å². The summed E-state index contributed by atoms with van der Waals surface area (Å²) in [5.74, 6) is 1.84. The lowest BCUT2D eigenvalue weighted by molar-refractivity contribution is 0.0948. The van der Waals surface area contributed by atoms with Gasteiger partial charge in [-0.1, -0.05) is 0 Å². The van der Waals surface area contributed by atoms with Gasteiger partial charge in [-0.2, -0.15) is 4.98 Å². The summed E-state index contributed by atoms with van der Waals surface area (Å²) in [7, 11) is 6.23. The second kappa shape index (κ2) is 7.66. The van der Waals surface area contributed by atoms with E-state index in [0.717, 1.165) is 64.0 Å². The molecule has 0 saturated carbocycles. The van der Waals surface area contributed by atoms with Crippen LogP contribution in [0.3, 0.4) is 0 Å². The average molecular weight is 361 g/mol. The number of hydrogen-bond acceptors (Lipinski definition) is 7. The molecule has 0 spiro atoms. The fourth-order valence-corrected chi connectivity index (χ4v) is 4.27. The highest BCUT2D eigenvalue weighted by Crippen LogP contribution is 2.29. The summed E-state index contributed by atoms with van der Waals surface area (Å²) >= 11 is 0. The van der Waals surface area contributed by atoms with Crippen molar-refractivity contribution in [2.24, 2.45) is 0 Å². The summed E-state index contributed by atoms with van der Waals surface area (Å²) in [6, 6.07) is 0.732. The van der Waals surface area contributed by atoms with Crippen molar-refractivity contribution in [1.29, 1.82) is 0 Å². The summed E-state index contributed by atoms with van der Waals surface area (Å²) in [5.41, 5.74) is 2.55. The molecule has 7 heteroatoms. The van der Waals surface area contributed by atoms with Crippen molar-refractivity contribution in [3.63, 3.8) is 0 Å². The van der Waals surface area contributed by atoms with Gasteiger partial charge in [0.25, 0.3) is 0 Å². The van der Waals surface area contributed by atoms with Crippen LogP contribution in [-0.2, 0) is 17.6 Å². The van der Waals surface area contributed by atoms with E-state index in [1.165, 1.54) is 24.1 Å². The number of aryl methyl sites for hydroxylation is 1. The van der Waals surface area contributed by atoms with Crippen LogP contribution in [0, 0.1) is 0 Å². The molecule has 1 aromatic rings. The molecule has 0 bridgehead atoms. The van der Waals surface area contributed by atoms with Gasteiger partial charge < -0.3 is 19.9 Å². The van der Waals surface area contributed by atoms with Crippen molar-refractivity contribution in [1.82, 2.24) is 19.8 Å². The molecule has 1 aromatic heterocycles. The molecule has 0 unspecified atom stereocenters. The van der Waals surface area contributed by atoms with Gasteiger partial charge in [0.15, 0.2) is 0 Å². The number of likely N-dealkylation sites (N-methyl/N-ethyl adjacent to an activating group) is 1. The predicted octanol–water partition coefficient (Wildman–Crippen LogP) is 0.848. The van der Waals surface area contributed by atoms with Crippen LogP contribution >= 0.6 is 0 Å². The van der Waals surface area contributed by atoms with E-state index in [9.17, 15) is 0 Å². The van der Waals surface area contributed by atoms with E-state index in [0.29, 0.717) is 12.1 Å². The molecular formula is C19H32N6O. The lowest BCUT2D eigenvalue weighted by Crippen LogP contribution is -2.54. The first-order valence-corrected chi connectivity index (χ1v) is 9.96. The first-order valence-electron chi connectivity index (χ1n) is 9.96. The fraction of sp³-hybridized carbons (Fsp3) is 0.789. The molecule has 0 radical (unpaired) electrons. The van der Waals surface area contributed by atoms with Crippen molar-refractivity contribution in [3.05, 3.63) is 11.3 Å². The van der Waals surface area contributed by atoms with Crippen molar-refractivity contribution < 1.29 is 4.74 Å². The van der Waals surface area contributed by atoms with E-state index in [1.807, 2.05) is 19.0 Å². The third-order valence-corrected chi connectivity index (χ3v) is 5.95. The standard InChI is InChI=1S/C19H32N6O/c1-23(2)19-21-15-7-5-4-6-14(15)18(22-19)20-16-12-26-13-17(16)25-10-8-24(3)9-11-25/h16-17H,4-13H2,1-3H3,(H,20,21,22)/t16-,17-/m0/s1. The van der Waals surface area contributed by atoms with Crippen molar-refractivity contribution >= 4 is 11.8 Å². The van der Waals surface area contributed by atoms with Gasteiger partial charge in [-0.15, -0.1) is 0 Å². The molecule has 7 nitrogen and oxygen atoms in total. The molecule has 3 heterocycles. The predicted molar refractivity (Wildman–Crippen MR) is 104 cm³/mol. The van der Waals surface area contributed by atoms with Gasteiger partial charge in [0.2, 0.25) is 5.95 Å². The molecule has 2 aliphatic heterocycles. The van der Waals surface area contributed by atoms with Crippen LogP contribution in [0.2, 0.25) is 0 Å². The number of nitrogens with zero attached hydrogens (tertiary/aromatic N) is 5. The molecule has 1 N–H and O–H groups in total. The number of hydrogen-bond donors (Lipinski definition) is 1. The Labute approximate surface area is 156 Å². The number of nitrogens with one attached hydrogen (secondary N) is 1. The molecule has 2 fully saturated rings. The van der Waals surface area contributed by atoms with Crippen molar-refractivity contribution in [2.75, 3.05) is 70.8 Å². The molecule has 0 aromatic carbocycles. The lowest BCUT2D eigenvalue weighted by atomic mass is 9.96. The zero-order valence-corrected chi connectivity index (χ0v) is 16.4. The van der Waals surface area contributed by atoms with Crippen molar-refractivity contribution in [3.8, 4) is 0 Å². The number of fused-ring (bicyclic) bond motifs is 1. The minimum Gasteiger partial charge on any atom is -0.378 e. The third-order valence-electron chi connectivity index (χ3n) is 5.95. The van der Waals surface area contributed by atoms with Crippen molar-refractivity contribution in [2.45, 2.75) is 37.8 Å². The topological polar surface area (TPSA) is 56.8 Å². The smallest absolute Gasteiger partial charge is 0.227 e. The second-order valence-electron chi connectivity index (χ2n) is 8.09. The van der Waals surface area contributed by atoms with Gasteiger partial charge in [0.05, 0.1) is 31.0 Å². The normalized spacial score (nSPS) is 27.3. The van der Waals surface area contributed by atoms with Gasteiger partial charge in [0.1, 0.15) is 5.82 Å². The summed E-state index contributed by atoms with van der Waals surface area (Å²) in [5, 5.41) is 3.76. The minimum absolute atomic E-state index is 0.300. The fourth-order valence-electron chi connectivity index (χ4n) is 4.27. The molecule has 4 rings (SSSR count). The summed E-state index contributed by atoms with van der Waals surface area (Å²) in [4.78, 5) is 16.6. The molecule has 1 aliphatic carbocycles. The maximum atomic E-state index is 5.87. The lowest BCUT2D eigenvalue weighted by Gasteiger charge is -2.38. The Bertz CT molecular complexity index is 629. The second-order valence-corrected chi connectivity index (χ2v) is 8.09. The Hall–Kier alpha value is -1.44. The SMILES string of the molecule is CN1CCN([C@H]2COC[C@@H]2Nc2nc(N(C)C)nc3c2CCCC3)CC1. The number of anilines is 2. The maximum Gasteiger partial charge on any atom is 0.227 e. The Morgan fingerprint density at radius 1 is 1.04 bits per heavy atom. The van der Waals surface area contributed by atoms with E-state index < -0.39 is 0 Å². The Morgan fingerprint density at radius 3 is 2.58 bits per heavy atom. The largest absolute Gasteiger partial charge is 0.378 e. The van der Waals surface area contributed by atoms with Crippen LogP contribution in [0.15, 0.2) is 0 Å². The average Bonchev–Trinajstić information content (AvgIpc) is 3.10. The third kappa shape index (κ3) is 3.66. The Morgan fingerprint density at radius 2 is 1.81 bits per heavy atom. The highest BCUT2D eigenvalue weighted by molar-refractivity contribution is 5.53. The Kier molecular flexibility index (Phi) is 5.29. The van der Waals surface area contributed by atoms with Crippen LogP contribution in [0.4, 0.5) is 11.8 Å². The molecule has 2 atom stereocenters. The van der Waals surface area contributed by atoms with Crippen LogP contribution in [0.1, 0.15) is 24.1 Å². The number of piperazine rings is 1. The van der Waals surface area contributed by atoms with E-state index in [4.69, 9.17) is 14.7 Å². The zero-order valence-electron chi connectivity index (χ0n) is 16.4.